The van der Waals surface area contributed by atoms with Crippen molar-refractivity contribution in [2.75, 3.05) is 7.11 Å². The van der Waals surface area contributed by atoms with Crippen LogP contribution in [0.5, 0.6) is 0 Å². The maximum atomic E-state index is 12.6. The summed E-state index contributed by atoms with van der Waals surface area (Å²) in [5.74, 6) is -0.450. The molecular weight excluding hydrogens is 308 g/mol. The molecule has 2 saturated carbocycles. The Balaban J connectivity index is 2.12. The molecular formula is C18H30O4Si. The smallest absolute Gasteiger partial charge is 0.320 e. The minimum Gasteiger partial charge on any atom is -0.468 e. The summed E-state index contributed by atoms with van der Waals surface area (Å²) in [5.41, 5.74) is -0.958. The fourth-order valence-electron chi connectivity index (χ4n) is 3.97. The molecule has 0 amide bonds. The van der Waals surface area contributed by atoms with E-state index in [-0.39, 0.29) is 29.7 Å². The van der Waals surface area contributed by atoms with Crippen molar-refractivity contribution >= 4 is 20.1 Å². The molecule has 0 bridgehead atoms. The number of rotatable bonds is 8. The van der Waals surface area contributed by atoms with Gasteiger partial charge in [0.1, 0.15) is 5.41 Å². The molecule has 0 aromatic rings. The molecule has 0 aromatic carbocycles. The summed E-state index contributed by atoms with van der Waals surface area (Å²) < 4.78 is 11.2. The van der Waals surface area contributed by atoms with Gasteiger partial charge in [-0.05, 0) is 32.5 Å². The Hall–Kier alpha value is -0.943. The zero-order valence-corrected chi connectivity index (χ0v) is 16.1. The number of unbranched alkanes of at least 4 members (excludes halogenated alkanes) is 3. The van der Waals surface area contributed by atoms with E-state index in [1.165, 1.54) is 20.0 Å². The van der Waals surface area contributed by atoms with Gasteiger partial charge in [0, 0.05) is 18.3 Å². The third kappa shape index (κ3) is 3.45. The number of hydrogen-bond acceptors (Lipinski definition) is 4. The van der Waals surface area contributed by atoms with Crippen LogP contribution in [0.25, 0.3) is 0 Å². The van der Waals surface area contributed by atoms with Crippen LogP contribution in [0, 0.1) is 17.3 Å². The number of allylic oxidation sites excluding steroid dienone is 2. The highest BCUT2D eigenvalue weighted by Crippen LogP contribution is 2.68. The number of esters is 1. The summed E-state index contributed by atoms with van der Waals surface area (Å²) in [5, 5.41) is 0. The van der Waals surface area contributed by atoms with Crippen molar-refractivity contribution in [3.8, 4) is 0 Å². The third-order valence-corrected chi connectivity index (χ3v) is 5.93. The van der Waals surface area contributed by atoms with E-state index < -0.39 is 13.7 Å². The molecule has 0 aliphatic heterocycles. The molecule has 2 aliphatic carbocycles. The molecule has 0 radical (unpaired) electrons. The van der Waals surface area contributed by atoms with Crippen molar-refractivity contribution in [2.45, 2.75) is 64.8 Å². The van der Waals surface area contributed by atoms with E-state index in [2.05, 4.69) is 38.7 Å². The van der Waals surface area contributed by atoms with Crippen molar-refractivity contribution in [3.63, 3.8) is 0 Å². The van der Waals surface area contributed by atoms with Crippen LogP contribution >= 0.6 is 0 Å². The number of ether oxygens (including phenoxy) is 1. The number of fused-ring (bicyclic) bond motifs is 1. The average Bonchev–Trinajstić information content (AvgIpc) is 3.05. The Morgan fingerprint density at radius 3 is 2.61 bits per heavy atom. The first-order chi connectivity index (χ1) is 10.8. The normalized spacial score (nSPS) is 33.1. The van der Waals surface area contributed by atoms with Gasteiger partial charge in [0.15, 0.2) is 14.1 Å². The largest absolute Gasteiger partial charge is 0.468 e. The Bertz CT molecular complexity index is 494. The van der Waals surface area contributed by atoms with Crippen LogP contribution in [0.2, 0.25) is 19.6 Å². The van der Waals surface area contributed by atoms with E-state index in [0.29, 0.717) is 6.42 Å². The average molecular weight is 339 g/mol. The Morgan fingerprint density at radius 1 is 1.35 bits per heavy atom. The minimum atomic E-state index is -1.75. The van der Waals surface area contributed by atoms with E-state index in [0.717, 1.165) is 12.8 Å². The molecule has 0 heterocycles. The number of ketones is 1. The predicted octanol–water partition coefficient (Wildman–Crippen LogP) is 3.72. The number of methoxy groups -OCH3 is 1. The lowest BCUT2D eigenvalue weighted by Gasteiger charge is -2.24. The Kier molecular flexibility index (Phi) is 5.51. The van der Waals surface area contributed by atoms with Gasteiger partial charge in [0.2, 0.25) is 0 Å². The zero-order valence-electron chi connectivity index (χ0n) is 15.1. The molecule has 2 fully saturated rings. The lowest BCUT2D eigenvalue weighted by atomic mass is 9.97. The van der Waals surface area contributed by atoms with Gasteiger partial charge >= 0.3 is 5.97 Å². The fourth-order valence-corrected chi connectivity index (χ4v) is 5.11. The second kappa shape index (κ2) is 6.89. The van der Waals surface area contributed by atoms with Crippen LogP contribution in [-0.2, 0) is 18.8 Å². The first-order valence-corrected chi connectivity index (χ1v) is 12.2. The van der Waals surface area contributed by atoms with Crippen LogP contribution in [0.1, 0.15) is 39.0 Å². The maximum Gasteiger partial charge on any atom is 0.320 e. The van der Waals surface area contributed by atoms with Crippen LogP contribution in [0.3, 0.4) is 0 Å². The first kappa shape index (κ1) is 18.4. The van der Waals surface area contributed by atoms with Gasteiger partial charge in [-0.1, -0.05) is 31.9 Å². The van der Waals surface area contributed by atoms with Gasteiger partial charge in [-0.15, -0.1) is 0 Å². The highest BCUT2D eigenvalue weighted by atomic mass is 28.4. The van der Waals surface area contributed by atoms with Gasteiger partial charge in [-0.3, -0.25) is 9.59 Å². The summed E-state index contributed by atoms with van der Waals surface area (Å²) in [6.07, 6.45) is 8.97. The van der Waals surface area contributed by atoms with Gasteiger partial charge in [-0.2, -0.15) is 0 Å². The van der Waals surface area contributed by atoms with Crippen LogP contribution in [0.15, 0.2) is 12.2 Å². The van der Waals surface area contributed by atoms with Crippen LogP contribution in [0.4, 0.5) is 0 Å². The van der Waals surface area contributed by atoms with Crippen LogP contribution < -0.4 is 0 Å². The minimum absolute atomic E-state index is 0.000748. The molecule has 0 aromatic heterocycles. The highest BCUT2D eigenvalue weighted by molar-refractivity contribution is 6.69. The van der Waals surface area contributed by atoms with Crippen molar-refractivity contribution in [2.24, 2.45) is 17.3 Å². The highest BCUT2D eigenvalue weighted by Gasteiger charge is 2.80. The lowest BCUT2D eigenvalue weighted by molar-refractivity contribution is -0.151. The predicted molar refractivity (Wildman–Crippen MR) is 92.6 cm³/mol. The molecule has 5 heteroatoms. The summed E-state index contributed by atoms with van der Waals surface area (Å²) >= 11 is 0. The number of carbonyl (C=O) groups excluding carboxylic acids is 2. The van der Waals surface area contributed by atoms with Crippen molar-refractivity contribution in [1.29, 1.82) is 0 Å². The molecule has 0 N–H and O–H groups in total. The standard InChI is InChI=1S/C18H30O4Si/c1-6-7-8-9-10-11-13-16-14(22-23(3,4)5)12-15(19)18(13,16)17(20)21-2/h10-11,13-14,16H,6-9,12H2,1-5H3/b11-10+. The molecule has 4 unspecified atom stereocenters. The van der Waals surface area contributed by atoms with Gasteiger partial charge in [0.05, 0.1) is 13.2 Å². The van der Waals surface area contributed by atoms with E-state index in [1.54, 1.807) is 0 Å². The van der Waals surface area contributed by atoms with Gasteiger partial charge in [-0.25, -0.2) is 0 Å². The molecule has 4 nitrogen and oxygen atoms in total. The van der Waals surface area contributed by atoms with Crippen molar-refractivity contribution in [3.05, 3.63) is 12.2 Å². The quantitative estimate of drug-likeness (QED) is 0.222. The maximum absolute atomic E-state index is 12.6. The SMILES string of the molecule is CCCCC/C=C/C1C2C(O[Si](C)(C)C)CC(=O)C12C(=O)OC. The van der Waals surface area contributed by atoms with E-state index in [1.807, 2.05) is 0 Å². The topological polar surface area (TPSA) is 52.6 Å². The van der Waals surface area contributed by atoms with Crippen LogP contribution in [-0.4, -0.2) is 33.3 Å². The molecule has 0 saturated heterocycles. The molecule has 130 valence electrons. The monoisotopic (exact) mass is 338 g/mol. The summed E-state index contributed by atoms with van der Waals surface area (Å²) in [6, 6.07) is 0. The van der Waals surface area contributed by atoms with E-state index in [9.17, 15) is 9.59 Å². The van der Waals surface area contributed by atoms with Gasteiger partial charge < -0.3 is 9.16 Å². The number of Topliss-reactive ketones (excluding diaryl/α,β-unsaturated/α-hetero) is 1. The second-order valence-corrected chi connectivity index (χ2v) is 12.2. The van der Waals surface area contributed by atoms with Crippen molar-refractivity contribution in [1.82, 2.24) is 0 Å². The Morgan fingerprint density at radius 2 is 2.04 bits per heavy atom. The molecule has 23 heavy (non-hydrogen) atoms. The number of carbonyl (C=O) groups is 2. The first-order valence-electron chi connectivity index (χ1n) is 8.75. The lowest BCUT2D eigenvalue weighted by Crippen LogP contribution is -2.33. The van der Waals surface area contributed by atoms with E-state index in [4.69, 9.17) is 9.16 Å². The van der Waals surface area contributed by atoms with Crippen molar-refractivity contribution < 1.29 is 18.8 Å². The fraction of sp³-hybridized carbons (Fsp3) is 0.778. The molecule has 0 spiro atoms. The zero-order chi connectivity index (χ0) is 17.3. The third-order valence-electron chi connectivity index (χ3n) is 4.92. The van der Waals surface area contributed by atoms with E-state index >= 15 is 0 Å². The van der Waals surface area contributed by atoms with Gasteiger partial charge in [0.25, 0.3) is 0 Å². The molecule has 2 rings (SSSR count). The number of hydrogen-bond donors (Lipinski definition) is 0. The molecule has 4 atom stereocenters. The summed E-state index contributed by atoms with van der Waals surface area (Å²) in [6.45, 7) is 8.53. The summed E-state index contributed by atoms with van der Waals surface area (Å²) in [7, 11) is -0.382. The second-order valence-electron chi connectivity index (χ2n) is 7.73. The Labute approximate surface area is 140 Å². The summed E-state index contributed by atoms with van der Waals surface area (Å²) in [4.78, 5) is 24.9. The molecule has 2 aliphatic rings.